The molecule has 1 aliphatic rings. The number of benzene rings is 1. The molecule has 0 spiro atoms. The van der Waals surface area contributed by atoms with Crippen molar-refractivity contribution in [3.8, 4) is 0 Å². The number of pyridine rings is 1. The van der Waals surface area contributed by atoms with Gasteiger partial charge in [-0.25, -0.2) is 4.98 Å². The first-order valence-corrected chi connectivity index (χ1v) is 9.44. The fourth-order valence-corrected chi connectivity index (χ4v) is 3.40. The van der Waals surface area contributed by atoms with Crippen LogP contribution in [0.3, 0.4) is 0 Å². The molecule has 3 rings (SSSR count). The van der Waals surface area contributed by atoms with Crippen molar-refractivity contribution in [1.29, 1.82) is 0 Å². The molecule has 1 aliphatic heterocycles. The van der Waals surface area contributed by atoms with E-state index in [-0.39, 0.29) is 5.91 Å². The topological polar surface area (TPSA) is 39.7 Å². The summed E-state index contributed by atoms with van der Waals surface area (Å²) in [5, 5.41) is 0.732. The number of likely N-dealkylation sites (N-methyl/N-ethyl adjacent to an activating group) is 1. The summed E-state index contributed by atoms with van der Waals surface area (Å²) < 4.78 is 0. The molecular weight excluding hydrogens is 348 g/mol. The van der Waals surface area contributed by atoms with Crippen molar-refractivity contribution in [2.45, 2.75) is 13.5 Å². The highest BCUT2D eigenvalue weighted by molar-refractivity contribution is 6.30. The Kier molecular flexibility index (Phi) is 6.47. The van der Waals surface area contributed by atoms with Gasteiger partial charge in [-0.15, -0.1) is 0 Å². The standard InChI is InChI=1S/C20H25ClN4O/c1-2-23(15-17-6-5-7-18(21)14-17)16-20(26)25-12-10-24(11-13-25)19-8-3-4-9-22-19/h3-9,14H,2,10-13,15-16H2,1H3. The number of rotatable bonds is 6. The van der Waals surface area contributed by atoms with Gasteiger partial charge in [-0.3, -0.25) is 9.69 Å². The fourth-order valence-electron chi connectivity index (χ4n) is 3.19. The van der Waals surface area contributed by atoms with E-state index in [2.05, 4.69) is 21.7 Å². The first-order valence-electron chi connectivity index (χ1n) is 9.06. The molecule has 138 valence electrons. The minimum atomic E-state index is 0.189. The molecule has 1 aromatic carbocycles. The van der Waals surface area contributed by atoms with Gasteiger partial charge in [-0.2, -0.15) is 0 Å². The van der Waals surface area contributed by atoms with Gasteiger partial charge in [0.15, 0.2) is 0 Å². The van der Waals surface area contributed by atoms with Crippen molar-refractivity contribution >= 4 is 23.3 Å². The second-order valence-electron chi connectivity index (χ2n) is 6.49. The third-order valence-electron chi connectivity index (χ3n) is 4.71. The molecule has 2 aromatic rings. The lowest BCUT2D eigenvalue weighted by Crippen LogP contribution is -2.51. The van der Waals surface area contributed by atoms with E-state index in [0.717, 1.165) is 55.7 Å². The molecule has 5 nitrogen and oxygen atoms in total. The zero-order valence-corrected chi connectivity index (χ0v) is 15.9. The zero-order chi connectivity index (χ0) is 18.4. The summed E-state index contributed by atoms with van der Waals surface area (Å²) >= 11 is 6.06. The SMILES string of the molecule is CCN(CC(=O)N1CCN(c2ccccn2)CC1)Cc1cccc(Cl)c1. The molecule has 6 heteroatoms. The third kappa shape index (κ3) is 4.96. The van der Waals surface area contributed by atoms with Gasteiger partial charge in [0.05, 0.1) is 6.54 Å². The van der Waals surface area contributed by atoms with Gasteiger partial charge in [0.2, 0.25) is 5.91 Å². The summed E-state index contributed by atoms with van der Waals surface area (Å²) in [6.07, 6.45) is 1.81. The Morgan fingerprint density at radius 3 is 2.62 bits per heavy atom. The largest absolute Gasteiger partial charge is 0.353 e. The number of nitrogens with zero attached hydrogens (tertiary/aromatic N) is 4. The first kappa shape index (κ1) is 18.7. The lowest BCUT2D eigenvalue weighted by molar-refractivity contribution is -0.132. The average Bonchev–Trinajstić information content (AvgIpc) is 2.68. The van der Waals surface area contributed by atoms with E-state index >= 15 is 0 Å². The lowest BCUT2D eigenvalue weighted by atomic mass is 10.2. The van der Waals surface area contributed by atoms with Crippen LogP contribution in [0.5, 0.6) is 0 Å². The quantitative estimate of drug-likeness (QED) is 0.781. The van der Waals surface area contributed by atoms with E-state index in [1.807, 2.05) is 53.6 Å². The molecular formula is C20H25ClN4O. The molecule has 0 bridgehead atoms. The smallest absolute Gasteiger partial charge is 0.236 e. The highest BCUT2D eigenvalue weighted by Crippen LogP contribution is 2.14. The predicted octanol–water partition coefficient (Wildman–Crippen LogP) is 2.91. The first-order chi connectivity index (χ1) is 12.7. The van der Waals surface area contributed by atoms with Crippen LogP contribution in [-0.4, -0.2) is 60.0 Å². The summed E-state index contributed by atoms with van der Waals surface area (Å²) in [4.78, 5) is 23.4. The van der Waals surface area contributed by atoms with E-state index < -0.39 is 0 Å². The van der Waals surface area contributed by atoms with Gasteiger partial charge < -0.3 is 9.80 Å². The summed E-state index contributed by atoms with van der Waals surface area (Å²) in [6.45, 7) is 7.20. The fraction of sp³-hybridized carbons (Fsp3) is 0.400. The molecule has 0 unspecified atom stereocenters. The Morgan fingerprint density at radius 2 is 1.96 bits per heavy atom. The second-order valence-corrected chi connectivity index (χ2v) is 6.93. The van der Waals surface area contributed by atoms with Gasteiger partial charge in [0.1, 0.15) is 5.82 Å². The summed E-state index contributed by atoms with van der Waals surface area (Å²) in [5.74, 6) is 1.17. The summed E-state index contributed by atoms with van der Waals surface area (Å²) in [7, 11) is 0. The Morgan fingerprint density at radius 1 is 1.15 bits per heavy atom. The number of halogens is 1. The van der Waals surface area contributed by atoms with Crippen molar-refractivity contribution in [1.82, 2.24) is 14.8 Å². The third-order valence-corrected chi connectivity index (χ3v) is 4.94. The van der Waals surface area contributed by atoms with Gasteiger partial charge in [0, 0.05) is 43.9 Å². The van der Waals surface area contributed by atoms with Crippen molar-refractivity contribution < 1.29 is 4.79 Å². The van der Waals surface area contributed by atoms with Gasteiger partial charge in [-0.1, -0.05) is 36.7 Å². The van der Waals surface area contributed by atoms with Crippen LogP contribution in [-0.2, 0) is 11.3 Å². The number of carbonyl (C=O) groups is 1. The molecule has 0 saturated carbocycles. The minimum Gasteiger partial charge on any atom is -0.353 e. The van der Waals surface area contributed by atoms with Crippen molar-refractivity contribution in [2.75, 3.05) is 44.2 Å². The second kappa shape index (κ2) is 9.01. The molecule has 0 aliphatic carbocycles. The number of anilines is 1. The van der Waals surface area contributed by atoms with E-state index in [9.17, 15) is 4.79 Å². The maximum atomic E-state index is 12.7. The van der Waals surface area contributed by atoms with Gasteiger partial charge in [-0.05, 0) is 36.4 Å². The molecule has 1 fully saturated rings. The maximum Gasteiger partial charge on any atom is 0.236 e. The Labute approximate surface area is 160 Å². The minimum absolute atomic E-state index is 0.189. The molecule has 1 amide bonds. The molecule has 26 heavy (non-hydrogen) atoms. The van der Waals surface area contributed by atoms with Crippen molar-refractivity contribution in [3.63, 3.8) is 0 Å². The number of hydrogen-bond acceptors (Lipinski definition) is 4. The zero-order valence-electron chi connectivity index (χ0n) is 15.1. The van der Waals surface area contributed by atoms with Gasteiger partial charge >= 0.3 is 0 Å². The lowest BCUT2D eigenvalue weighted by Gasteiger charge is -2.36. The van der Waals surface area contributed by atoms with E-state index in [4.69, 9.17) is 11.6 Å². The maximum absolute atomic E-state index is 12.7. The summed E-state index contributed by atoms with van der Waals surface area (Å²) in [6, 6.07) is 13.8. The van der Waals surface area contributed by atoms with Crippen LogP contribution < -0.4 is 4.90 Å². The number of piperazine rings is 1. The highest BCUT2D eigenvalue weighted by Gasteiger charge is 2.23. The Bertz CT molecular complexity index is 717. The summed E-state index contributed by atoms with van der Waals surface area (Å²) in [5.41, 5.74) is 1.13. The number of amides is 1. The monoisotopic (exact) mass is 372 g/mol. The van der Waals surface area contributed by atoms with Crippen LogP contribution in [0, 0.1) is 0 Å². The van der Waals surface area contributed by atoms with Crippen LogP contribution in [0.25, 0.3) is 0 Å². The van der Waals surface area contributed by atoms with Gasteiger partial charge in [0.25, 0.3) is 0 Å². The highest BCUT2D eigenvalue weighted by atomic mass is 35.5. The van der Waals surface area contributed by atoms with Crippen LogP contribution >= 0.6 is 11.6 Å². The molecule has 0 radical (unpaired) electrons. The van der Waals surface area contributed by atoms with Crippen LogP contribution in [0.2, 0.25) is 5.02 Å². The van der Waals surface area contributed by atoms with Crippen molar-refractivity contribution in [3.05, 3.63) is 59.2 Å². The normalized spacial score (nSPS) is 14.7. The molecule has 2 heterocycles. The molecule has 0 atom stereocenters. The Balaban J connectivity index is 1.51. The number of aromatic nitrogens is 1. The number of carbonyl (C=O) groups excluding carboxylic acids is 1. The van der Waals surface area contributed by atoms with Crippen LogP contribution in [0.1, 0.15) is 12.5 Å². The van der Waals surface area contributed by atoms with E-state index in [1.54, 1.807) is 0 Å². The number of hydrogen-bond donors (Lipinski definition) is 0. The van der Waals surface area contributed by atoms with Crippen molar-refractivity contribution in [2.24, 2.45) is 0 Å². The molecule has 1 saturated heterocycles. The van der Waals surface area contributed by atoms with E-state index in [0.29, 0.717) is 6.54 Å². The predicted molar refractivity (Wildman–Crippen MR) is 105 cm³/mol. The molecule has 1 aromatic heterocycles. The van der Waals surface area contributed by atoms with Crippen LogP contribution in [0.15, 0.2) is 48.7 Å². The molecule has 0 N–H and O–H groups in total. The van der Waals surface area contributed by atoms with E-state index in [1.165, 1.54) is 0 Å². The average molecular weight is 373 g/mol. The Hall–Kier alpha value is -2.11. The van der Waals surface area contributed by atoms with Crippen LogP contribution in [0.4, 0.5) is 5.82 Å².